The fourth-order valence-electron chi connectivity index (χ4n) is 2.17. The first kappa shape index (κ1) is 17.2. The molecule has 0 bridgehead atoms. The standard InChI is InChI=1S/C17H18BrN5O2/c1-2-22-11-13(10-20-22)9-19-17(24)16-7-8-23(21-16)12-25-15-5-3-14(18)4-6-15/h3-8,10-11H,2,9,12H2,1H3,(H,19,24). The van der Waals surface area contributed by atoms with Gasteiger partial charge in [0.25, 0.3) is 5.91 Å². The summed E-state index contributed by atoms with van der Waals surface area (Å²) in [5.41, 5.74) is 1.30. The molecule has 0 fully saturated rings. The Kier molecular flexibility index (Phi) is 5.49. The Balaban J connectivity index is 1.51. The minimum Gasteiger partial charge on any atom is -0.471 e. The number of hydrogen-bond donors (Lipinski definition) is 1. The van der Waals surface area contributed by atoms with Crippen molar-refractivity contribution in [3.05, 3.63) is 64.7 Å². The van der Waals surface area contributed by atoms with E-state index in [9.17, 15) is 4.79 Å². The van der Waals surface area contributed by atoms with Crippen molar-refractivity contribution in [1.82, 2.24) is 24.9 Å². The quantitative estimate of drug-likeness (QED) is 0.657. The SMILES string of the molecule is CCn1cc(CNC(=O)c2ccn(COc3ccc(Br)cc3)n2)cn1. The van der Waals surface area contributed by atoms with E-state index >= 15 is 0 Å². The molecule has 0 saturated heterocycles. The summed E-state index contributed by atoms with van der Waals surface area (Å²) in [5.74, 6) is 0.504. The highest BCUT2D eigenvalue weighted by Gasteiger charge is 2.10. The van der Waals surface area contributed by atoms with Crippen molar-refractivity contribution in [3.8, 4) is 5.75 Å². The monoisotopic (exact) mass is 403 g/mol. The van der Waals surface area contributed by atoms with Crippen molar-refractivity contribution in [2.24, 2.45) is 0 Å². The Hall–Kier alpha value is -2.61. The smallest absolute Gasteiger partial charge is 0.272 e. The molecule has 0 atom stereocenters. The lowest BCUT2D eigenvalue weighted by atomic mass is 10.3. The number of carbonyl (C=O) groups excluding carboxylic acids is 1. The highest BCUT2D eigenvalue weighted by molar-refractivity contribution is 9.10. The molecule has 2 heterocycles. The maximum atomic E-state index is 12.2. The average Bonchev–Trinajstić information content (AvgIpc) is 3.28. The highest BCUT2D eigenvalue weighted by atomic mass is 79.9. The van der Waals surface area contributed by atoms with Crippen molar-refractivity contribution in [2.75, 3.05) is 0 Å². The molecule has 3 aromatic rings. The molecule has 0 aliphatic heterocycles. The molecule has 1 aromatic carbocycles. The second-order valence-corrected chi connectivity index (χ2v) is 6.27. The summed E-state index contributed by atoms with van der Waals surface area (Å²) in [5, 5.41) is 11.2. The van der Waals surface area contributed by atoms with Gasteiger partial charge in [-0.15, -0.1) is 0 Å². The lowest BCUT2D eigenvalue weighted by Crippen LogP contribution is -2.23. The minimum absolute atomic E-state index is 0.230. The molecule has 1 amide bonds. The topological polar surface area (TPSA) is 74.0 Å². The number of nitrogens with zero attached hydrogens (tertiary/aromatic N) is 4. The van der Waals surface area contributed by atoms with E-state index in [1.165, 1.54) is 0 Å². The molecule has 0 radical (unpaired) electrons. The maximum absolute atomic E-state index is 12.2. The van der Waals surface area contributed by atoms with Gasteiger partial charge in [-0.2, -0.15) is 10.2 Å². The third-order valence-corrected chi connectivity index (χ3v) is 4.04. The summed E-state index contributed by atoms with van der Waals surface area (Å²) in [4.78, 5) is 12.2. The van der Waals surface area contributed by atoms with Crippen molar-refractivity contribution < 1.29 is 9.53 Å². The summed E-state index contributed by atoms with van der Waals surface area (Å²) >= 11 is 3.37. The fourth-order valence-corrected chi connectivity index (χ4v) is 2.43. The van der Waals surface area contributed by atoms with Gasteiger partial charge in [-0.05, 0) is 37.3 Å². The van der Waals surface area contributed by atoms with E-state index in [4.69, 9.17) is 4.74 Å². The first-order valence-electron chi connectivity index (χ1n) is 7.85. The molecule has 0 spiro atoms. The van der Waals surface area contributed by atoms with Crippen LogP contribution in [0.4, 0.5) is 0 Å². The molecule has 2 aromatic heterocycles. The van der Waals surface area contributed by atoms with Crippen LogP contribution in [0.25, 0.3) is 0 Å². The van der Waals surface area contributed by atoms with Crippen LogP contribution < -0.4 is 10.1 Å². The van der Waals surface area contributed by atoms with E-state index in [2.05, 4.69) is 31.4 Å². The van der Waals surface area contributed by atoms with Crippen molar-refractivity contribution >= 4 is 21.8 Å². The van der Waals surface area contributed by atoms with E-state index in [1.54, 1.807) is 23.1 Å². The first-order chi connectivity index (χ1) is 12.1. The molecule has 0 aliphatic rings. The lowest BCUT2D eigenvalue weighted by Gasteiger charge is -2.06. The summed E-state index contributed by atoms with van der Waals surface area (Å²) in [6.07, 6.45) is 5.36. The Morgan fingerprint density at radius 1 is 1.24 bits per heavy atom. The number of halogens is 1. The Bertz CT molecular complexity index is 841. The van der Waals surface area contributed by atoms with Crippen molar-refractivity contribution in [3.63, 3.8) is 0 Å². The summed E-state index contributed by atoms with van der Waals surface area (Å²) in [7, 11) is 0. The largest absolute Gasteiger partial charge is 0.471 e. The number of nitrogens with one attached hydrogen (secondary N) is 1. The third-order valence-electron chi connectivity index (χ3n) is 3.51. The number of aromatic nitrogens is 4. The first-order valence-corrected chi connectivity index (χ1v) is 8.64. The number of aryl methyl sites for hydroxylation is 1. The van der Waals surface area contributed by atoms with Crippen LogP contribution in [0.3, 0.4) is 0 Å². The molecule has 0 unspecified atom stereocenters. The van der Waals surface area contributed by atoms with Crippen LogP contribution in [-0.4, -0.2) is 25.5 Å². The van der Waals surface area contributed by atoms with E-state index < -0.39 is 0 Å². The van der Waals surface area contributed by atoms with E-state index in [1.807, 2.05) is 42.1 Å². The molecule has 0 aliphatic carbocycles. The van der Waals surface area contributed by atoms with E-state index in [-0.39, 0.29) is 12.6 Å². The van der Waals surface area contributed by atoms with Crippen LogP contribution in [0, 0.1) is 0 Å². The normalized spacial score (nSPS) is 10.6. The maximum Gasteiger partial charge on any atom is 0.272 e. The molecule has 7 nitrogen and oxygen atoms in total. The molecule has 25 heavy (non-hydrogen) atoms. The van der Waals surface area contributed by atoms with Gasteiger partial charge in [-0.3, -0.25) is 9.48 Å². The average molecular weight is 404 g/mol. The van der Waals surface area contributed by atoms with Gasteiger partial charge >= 0.3 is 0 Å². The number of amides is 1. The van der Waals surface area contributed by atoms with E-state index in [0.717, 1.165) is 22.3 Å². The second kappa shape index (κ2) is 7.98. The van der Waals surface area contributed by atoms with Crippen LogP contribution in [0.15, 0.2) is 53.4 Å². The van der Waals surface area contributed by atoms with E-state index in [0.29, 0.717) is 12.2 Å². The Morgan fingerprint density at radius 3 is 2.76 bits per heavy atom. The van der Waals surface area contributed by atoms with Crippen LogP contribution >= 0.6 is 15.9 Å². The lowest BCUT2D eigenvalue weighted by molar-refractivity contribution is 0.0944. The van der Waals surface area contributed by atoms with Gasteiger partial charge in [-0.1, -0.05) is 15.9 Å². The Labute approximate surface area is 153 Å². The minimum atomic E-state index is -0.230. The number of ether oxygens (including phenoxy) is 1. The molecule has 0 saturated carbocycles. The third kappa shape index (κ3) is 4.69. The number of benzene rings is 1. The van der Waals surface area contributed by atoms with Crippen LogP contribution in [0.2, 0.25) is 0 Å². The van der Waals surface area contributed by atoms with Crippen molar-refractivity contribution in [2.45, 2.75) is 26.7 Å². The van der Waals surface area contributed by atoms with Gasteiger partial charge in [0.15, 0.2) is 6.73 Å². The number of rotatable bonds is 7. The Morgan fingerprint density at radius 2 is 2.04 bits per heavy atom. The van der Waals surface area contributed by atoms with Gasteiger partial charge < -0.3 is 10.1 Å². The predicted molar refractivity (Wildman–Crippen MR) is 96.1 cm³/mol. The van der Waals surface area contributed by atoms with Gasteiger partial charge in [0.2, 0.25) is 0 Å². The zero-order valence-electron chi connectivity index (χ0n) is 13.7. The molecule has 1 N–H and O–H groups in total. The van der Waals surface area contributed by atoms with Crippen LogP contribution in [0.5, 0.6) is 5.75 Å². The van der Waals surface area contributed by atoms with Crippen molar-refractivity contribution in [1.29, 1.82) is 0 Å². The summed E-state index contributed by atoms with van der Waals surface area (Å²) in [6.45, 7) is 3.47. The molecular weight excluding hydrogens is 386 g/mol. The zero-order valence-corrected chi connectivity index (χ0v) is 15.3. The highest BCUT2D eigenvalue weighted by Crippen LogP contribution is 2.16. The second-order valence-electron chi connectivity index (χ2n) is 5.35. The fraction of sp³-hybridized carbons (Fsp3) is 0.235. The number of carbonyl (C=O) groups is 1. The number of hydrogen-bond acceptors (Lipinski definition) is 4. The van der Waals surface area contributed by atoms with Crippen LogP contribution in [0.1, 0.15) is 23.0 Å². The summed E-state index contributed by atoms with van der Waals surface area (Å²) < 4.78 is 10.0. The van der Waals surface area contributed by atoms with Gasteiger partial charge in [0, 0.05) is 35.5 Å². The van der Waals surface area contributed by atoms with Crippen LogP contribution in [-0.2, 0) is 19.8 Å². The van der Waals surface area contributed by atoms with Gasteiger partial charge in [0.1, 0.15) is 11.4 Å². The molecule has 8 heteroatoms. The molecular formula is C17H18BrN5O2. The predicted octanol–water partition coefficient (Wildman–Crippen LogP) is 2.83. The zero-order chi connectivity index (χ0) is 17.6. The molecule has 130 valence electrons. The molecule has 3 rings (SSSR count). The summed E-state index contributed by atoms with van der Waals surface area (Å²) in [6, 6.07) is 9.18. The van der Waals surface area contributed by atoms with Gasteiger partial charge in [-0.25, -0.2) is 4.68 Å². The van der Waals surface area contributed by atoms with Gasteiger partial charge in [0.05, 0.1) is 6.20 Å².